The molecule has 162 valence electrons. The molecule has 5 N–H and O–H groups in total. The van der Waals surface area contributed by atoms with E-state index in [9.17, 15) is 4.79 Å². The van der Waals surface area contributed by atoms with Gasteiger partial charge in [0.05, 0.1) is 11.3 Å². The summed E-state index contributed by atoms with van der Waals surface area (Å²) in [6, 6.07) is 17.1. The molecular weight excluding hydrogens is 404 g/mol. The monoisotopic (exact) mass is 428 g/mol. The van der Waals surface area contributed by atoms with Crippen molar-refractivity contribution in [1.29, 1.82) is 0 Å². The van der Waals surface area contributed by atoms with Gasteiger partial charge in [0.1, 0.15) is 23.3 Å². The van der Waals surface area contributed by atoms with Gasteiger partial charge in [-0.05, 0) is 42.7 Å². The Labute approximate surface area is 185 Å². The van der Waals surface area contributed by atoms with Crippen molar-refractivity contribution in [3.63, 3.8) is 0 Å². The van der Waals surface area contributed by atoms with Crippen LogP contribution < -0.4 is 21.7 Å². The molecule has 2 heterocycles. The molecule has 0 radical (unpaired) electrons. The normalized spacial score (nSPS) is 14.0. The van der Waals surface area contributed by atoms with Crippen LogP contribution in [0.5, 0.6) is 11.5 Å². The number of nitrogens with zero attached hydrogens (tertiary/aromatic N) is 3. The first-order valence-electron chi connectivity index (χ1n) is 10.7. The Morgan fingerprint density at radius 2 is 1.72 bits per heavy atom. The number of carbonyl (C=O) groups is 1. The van der Waals surface area contributed by atoms with Crippen LogP contribution in [0.1, 0.15) is 47.7 Å². The zero-order chi connectivity index (χ0) is 22.1. The van der Waals surface area contributed by atoms with Crippen molar-refractivity contribution >= 4 is 17.2 Å². The van der Waals surface area contributed by atoms with Crippen molar-refractivity contribution in [1.82, 2.24) is 20.0 Å². The van der Waals surface area contributed by atoms with E-state index in [-0.39, 0.29) is 11.8 Å². The molecule has 0 saturated heterocycles. The SMILES string of the molecule is NNC(=O)c1c(-c2ccc(Oc3ccccc3)cc2)c2c(N)ncnn2c1C1CCCC1. The van der Waals surface area contributed by atoms with Gasteiger partial charge in [0.15, 0.2) is 5.82 Å². The molecule has 8 heteroatoms. The van der Waals surface area contributed by atoms with E-state index in [0.717, 1.165) is 42.7 Å². The minimum absolute atomic E-state index is 0.207. The number of nitrogens with one attached hydrogen (secondary N) is 1. The van der Waals surface area contributed by atoms with E-state index >= 15 is 0 Å². The Hall–Kier alpha value is -3.91. The number of benzene rings is 2. The van der Waals surface area contributed by atoms with E-state index in [4.69, 9.17) is 16.3 Å². The van der Waals surface area contributed by atoms with Gasteiger partial charge in [-0.1, -0.05) is 43.2 Å². The minimum Gasteiger partial charge on any atom is -0.457 e. The zero-order valence-corrected chi connectivity index (χ0v) is 17.5. The molecule has 32 heavy (non-hydrogen) atoms. The lowest BCUT2D eigenvalue weighted by Crippen LogP contribution is -2.31. The number of ether oxygens (including phenoxy) is 1. The number of hydrogen-bond acceptors (Lipinski definition) is 6. The highest BCUT2D eigenvalue weighted by atomic mass is 16.5. The third-order valence-electron chi connectivity index (χ3n) is 6.01. The first kappa shape index (κ1) is 20.0. The summed E-state index contributed by atoms with van der Waals surface area (Å²) in [5.41, 5.74) is 12.1. The minimum atomic E-state index is -0.364. The van der Waals surface area contributed by atoms with Crippen LogP contribution in [0.25, 0.3) is 16.6 Å². The Morgan fingerprint density at radius 3 is 2.41 bits per heavy atom. The third-order valence-corrected chi connectivity index (χ3v) is 6.01. The summed E-state index contributed by atoms with van der Waals surface area (Å²) >= 11 is 0. The molecule has 0 spiro atoms. The number of carbonyl (C=O) groups excluding carboxylic acids is 1. The molecule has 0 bridgehead atoms. The molecule has 0 aliphatic heterocycles. The second kappa shape index (κ2) is 8.32. The molecular formula is C24H24N6O2. The molecule has 1 saturated carbocycles. The summed E-state index contributed by atoms with van der Waals surface area (Å²) in [7, 11) is 0. The Balaban J connectivity index is 1.67. The fraction of sp³-hybridized carbons (Fsp3) is 0.208. The summed E-state index contributed by atoms with van der Waals surface area (Å²) < 4.78 is 7.68. The summed E-state index contributed by atoms with van der Waals surface area (Å²) in [4.78, 5) is 17.2. The van der Waals surface area contributed by atoms with Crippen LogP contribution in [-0.4, -0.2) is 20.5 Å². The molecule has 2 aromatic heterocycles. The smallest absolute Gasteiger partial charge is 0.267 e. The highest BCUT2D eigenvalue weighted by Gasteiger charge is 2.32. The number of anilines is 1. The van der Waals surface area contributed by atoms with E-state index in [1.54, 1.807) is 4.52 Å². The molecule has 5 rings (SSSR count). The summed E-state index contributed by atoms with van der Waals surface area (Å²) in [5.74, 6) is 7.19. The van der Waals surface area contributed by atoms with Crippen LogP contribution >= 0.6 is 0 Å². The number of fused-ring (bicyclic) bond motifs is 1. The topological polar surface area (TPSA) is 121 Å². The lowest BCUT2D eigenvalue weighted by Gasteiger charge is -2.12. The second-order valence-electron chi connectivity index (χ2n) is 7.94. The fourth-order valence-electron chi connectivity index (χ4n) is 4.61. The average molecular weight is 428 g/mol. The van der Waals surface area contributed by atoms with Gasteiger partial charge in [-0.3, -0.25) is 10.2 Å². The van der Waals surface area contributed by atoms with E-state index in [1.807, 2.05) is 54.6 Å². The first-order chi connectivity index (χ1) is 15.7. The van der Waals surface area contributed by atoms with Gasteiger partial charge in [-0.2, -0.15) is 5.10 Å². The van der Waals surface area contributed by atoms with Crippen LogP contribution in [0.4, 0.5) is 5.82 Å². The second-order valence-corrected chi connectivity index (χ2v) is 7.94. The number of nitrogens with two attached hydrogens (primary N) is 2. The van der Waals surface area contributed by atoms with E-state index in [0.29, 0.717) is 28.2 Å². The Morgan fingerprint density at radius 1 is 1.03 bits per heavy atom. The number of para-hydroxylation sites is 1. The Kier molecular flexibility index (Phi) is 5.20. The lowest BCUT2D eigenvalue weighted by molar-refractivity contribution is 0.0952. The predicted molar refractivity (Wildman–Crippen MR) is 122 cm³/mol. The number of amides is 1. The standard InChI is InChI=1S/C24H24N6O2/c25-23-22-19(15-10-12-18(13-11-15)32-17-8-2-1-3-9-17)20(24(31)29-26)21(16-6-4-5-7-16)30(22)28-14-27-23/h1-3,8-14,16H,4-7,26H2,(H,29,31)(H2,25,27,28). The van der Waals surface area contributed by atoms with Gasteiger partial charge < -0.3 is 10.5 Å². The van der Waals surface area contributed by atoms with Crippen LogP contribution in [-0.2, 0) is 0 Å². The maximum Gasteiger partial charge on any atom is 0.267 e. The van der Waals surface area contributed by atoms with Gasteiger partial charge in [0.2, 0.25) is 0 Å². The number of hydrogen-bond donors (Lipinski definition) is 3. The van der Waals surface area contributed by atoms with Crippen molar-refractivity contribution < 1.29 is 9.53 Å². The molecule has 1 fully saturated rings. The van der Waals surface area contributed by atoms with Gasteiger partial charge in [-0.25, -0.2) is 15.3 Å². The van der Waals surface area contributed by atoms with E-state index in [1.165, 1.54) is 6.33 Å². The molecule has 2 aromatic carbocycles. The highest BCUT2D eigenvalue weighted by Crippen LogP contribution is 2.43. The van der Waals surface area contributed by atoms with Crippen molar-refractivity contribution in [3.05, 3.63) is 72.2 Å². The van der Waals surface area contributed by atoms with Gasteiger partial charge in [-0.15, -0.1) is 0 Å². The van der Waals surface area contributed by atoms with Crippen molar-refractivity contribution in [2.24, 2.45) is 5.84 Å². The summed E-state index contributed by atoms with van der Waals surface area (Å²) in [6.45, 7) is 0. The van der Waals surface area contributed by atoms with Gasteiger partial charge in [0, 0.05) is 11.5 Å². The zero-order valence-electron chi connectivity index (χ0n) is 17.5. The third kappa shape index (κ3) is 3.44. The first-order valence-corrected chi connectivity index (χ1v) is 10.7. The number of nitrogen functional groups attached to an aromatic ring is 2. The largest absolute Gasteiger partial charge is 0.457 e. The number of rotatable bonds is 5. The van der Waals surface area contributed by atoms with Crippen LogP contribution in [0.15, 0.2) is 60.9 Å². The average Bonchev–Trinajstić information content (AvgIpc) is 3.46. The highest BCUT2D eigenvalue weighted by molar-refractivity contribution is 6.08. The number of hydrazine groups is 1. The quantitative estimate of drug-likeness (QED) is 0.251. The van der Waals surface area contributed by atoms with E-state index in [2.05, 4.69) is 15.5 Å². The predicted octanol–water partition coefficient (Wildman–Crippen LogP) is 4.03. The Bertz CT molecular complexity index is 1260. The number of aromatic nitrogens is 3. The molecule has 0 unspecified atom stereocenters. The lowest BCUT2D eigenvalue weighted by atomic mass is 9.94. The summed E-state index contributed by atoms with van der Waals surface area (Å²) in [6.07, 6.45) is 5.63. The molecule has 1 amide bonds. The van der Waals surface area contributed by atoms with Crippen LogP contribution in [0, 0.1) is 0 Å². The van der Waals surface area contributed by atoms with Crippen molar-refractivity contribution in [3.8, 4) is 22.6 Å². The molecule has 1 aliphatic rings. The summed E-state index contributed by atoms with van der Waals surface area (Å²) in [5, 5.41) is 4.46. The van der Waals surface area contributed by atoms with Crippen LogP contribution in [0.3, 0.4) is 0 Å². The van der Waals surface area contributed by atoms with Gasteiger partial charge >= 0.3 is 0 Å². The molecule has 1 aliphatic carbocycles. The van der Waals surface area contributed by atoms with Crippen molar-refractivity contribution in [2.75, 3.05) is 5.73 Å². The fourth-order valence-corrected chi connectivity index (χ4v) is 4.61. The maximum atomic E-state index is 13.0. The van der Waals surface area contributed by atoms with Gasteiger partial charge in [0.25, 0.3) is 5.91 Å². The van der Waals surface area contributed by atoms with E-state index < -0.39 is 0 Å². The van der Waals surface area contributed by atoms with Crippen molar-refractivity contribution in [2.45, 2.75) is 31.6 Å². The molecule has 8 nitrogen and oxygen atoms in total. The maximum absolute atomic E-state index is 13.0. The van der Waals surface area contributed by atoms with Crippen LogP contribution in [0.2, 0.25) is 0 Å². The molecule has 0 atom stereocenters. The molecule has 4 aromatic rings.